The van der Waals surface area contributed by atoms with Crippen LogP contribution in [0.15, 0.2) is 42.5 Å². The summed E-state index contributed by atoms with van der Waals surface area (Å²) in [5.74, 6) is -0.616. The molecule has 0 aliphatic rings. The van der Waals surface area contributed by atoms with E-state index < -0.39 is 17.7 Å². The number of hydrogen-bond donors (Lipinski definition) is 0. The predicted molar refractivity (Wildman–Crippen MR) is 91.2 cm³/mol. The highest BCUT2D eigenvalue weighted by Crippen LogP contribution is 2.34. The quantitative estimate of drug-likeness (QED) is 0.601. The van der Waals surface area contributed by atoms with Gasteiger partial charge in [-0.3, -0.25) is 4.68 Å². The summed E-state index contributed by atoms with van der Waals surface area (Å²) in [6, 6.07) is 10.4. The second kappa shape index (κ2) is 6.99. The molecule has 0 aliphatic carbocycles. The van der Waals surface area contributed by atoms with Gasteiger partial charge in [0.2, 0.25) is 0 Å². The zero-order chi connectivity index (χ0) is 18.9. The van der Waals surface area contributed by atoms with Gasteiger partial charge in [0, 0.05) is 10.4 Å². The first kappa shape index (κ1) is 18.3. The van der Waals surface area contributed by atoms with Crippen LogP contribution in [0.2, 0.25) is 5.02 Å². The highest BCUT2D eigenvalue weighted by atomic mass is 35.5. The third kappa shape index (κ3) is 3.53. The number of alkyl halides is 3. The molecule has 26 heavy (non-hydrogen) atoms. The normalized spacial score (nSPS) is 11.7. The SMILES string of the molecule is CCOC(=O)c1nn(Cc2ccc(Cl)cc2C(F)(F)F)c2ccccc12. The van der Waals surface area contributed by atoms with Crippen LogP contribution in [-0.4, -0.2) is 22.4 Å². The number of halogens is 4. The maximum absolute atomic E-state index is 13.3. The third-order valence-electron chi connectivity index (χ3n) is 3.82. The highest BCUT2D eigenvalue weighted by molar-refractivity contribution is 6.30. The van der Waals surface area contributed by atoms with E-state index in [0.717, 1.165) is 6.07 Å². The summed E-state index contributed by atoms with van der Waals surface area (Å²) < 4.78 is 46.3. The standard InChI is InChI=1S/C18H14ClF3N2O2/c1-2-26-17(25)16-13-5-3-4-6-15(13)24(23-16)10-11-7-8-12(19)9-14(11)18(20,21)22/h3-9H,2,10H2,1H3. The van der Waals surface area contributed by atoms with Crippen LogP contribution in [0.25, 0.3) is 10.9 Å². The first-order valence-electron chi connectivity index (χ1n) is 7.79. The van der Waals surface area contributed by atoms with Crippen molar-refractivity contribution in [3.8, 4) is 0 Å². The van der Waals surface area contributed by atoms with Gasteiger partial charge in [-0.25, -0.2) is 4.79 Å². The lowest BCUT2D eigenvalue weighted by Gasteiger charge is -2.13. The molecule has 136 valence electrons. The fraction of sp³-hybridized carbons (Fsp3) is 0.222. The summed E-state index contributed by atoms with van der Waals surface area (Å²) in [6.07, 6.45) is -4.55. The number of para-hydroxylation sites is 1. The van der Waals surface area contributed by atoms with E-state index in [0.29, 0.717) is 10.9 Å². The Bertz CT molecular complexity index is 967. The van der Waals surface area contributed by atoms with Crippen LogP contribution in [0.5, 0.6) is 0 Å². The molecular formula is C18H14ClF3N2O2. The fourth-order valence-corrected chi connectivity index (χ4v) is 2.88. The second-order valence-corrected chi connectivity index (χ2v) is 5.98. The van der Waals surface area contributed by atoms with Gasteiger partial charge in [0.25, 0.3) is 0 Å². The van der Waals surface area contributed by atoms with Gasteiger partial charge in [-0.05, 0) is 30.7 Å². The lowest BCUT2D eigenvalue weighted by Crippen LogP contribution is -2.13. The molecular weight excluding hydrogens is 369 g/mol. The molecule has 0 bridgehead atoms. The largest absolute Gasteiger partial charge is 0.461 e. The summed E-state index contributed by atoms with van der Waals surface area (Å²) in [5.41, 5.74) is -0.212. The van der Waals surface area contributed by atoms with Crippen LogP contribution >= 0.6 is 11.6 Å². The molecule has 4 nitrogen and oxygen atoms in total. The lowest BCUT2D eigenvalue weighted by molar-refractivity contribution is -0.138. The Balaban J connectivity index is 2.10. The summed E-state index contributed by atoms with van der Waals surface area (Å²) in [4.78, 5) is 12.1. The number of benzene rings is 2. The number of carbonyl (C=O) groups is 1. The van der Waals surface area contributed by atoms with Crippen molar-refractivity contribution in [1.29, 1.82) is 0 Å². The summed E-state index contributed by atoms with van der Waals surface area (Å²) in [5, 5.41) is 4.71. The van der Waals surface area contributed by atoms with E-state index >= 15 is 0 Å². The van der Waals surface area contributed by atoms with Crippen molar-refractivity contribution in [3.05, 3.63) is 64.3 Å². The number of carbonyl (C=O) groups excluding carboxylic acids is 1. The van der Waals surface area contributed by atoms with Crippen LogP contribution < -0.4 is 0 Å². The fourth-order valence-electron chi connectivity index (χ4n) is 2.71. The number of aromatic nitrogens is 2. The maximum atomic E-state index is 13.3. The van der Waals surface area contributed by atoms with E-state index in [4.69, 9.17) is 16.3 Å². The van der Waals surface area contributed by atoms with Gasteiger partial charge in [-0.2, -0.15) is 18.3 Å². The Morgan fingerprint density at radius 1 is 1.23 bits per heavy atom. The van der Waals surface area contributed by atoms with Crippen LogP contribution in [0.4, 0.5) is 13.2 Å². The van der Waals surface area contributed by atoms with Crippen molar-refractivity contribution in [2.45, 2.75) is 19.6 Å². The van der Waals surface area contributed by atoms with Crippen molar-refractivity contribution >= 4 is 28.5 Å². The molecule has 0 atom stereocenters. The zero-order valence-electron chi connectivity index (χ0n) is 13.7. The summed E-state index contributed by atoms with van der Waals surface area (Å²) >= 11 is 5.72. The van der Waals surface area contributed by atoms with Gasteiger partial charge in [-0.15, -0.1) is 0 Å². The van der Waals surface area contributed by atoms with Crippen LogP contribution in [0.3, 0.4) is 0 Å². The first-order valence-corrected chi connectivity index (χ1v) is 8.17. The average molecular weight is 383 g/mol. The van der Waals surface area contributed by atoms with E-state index in [-0.39, 0.29) is 29.4 Å². The molecule has 0 saturated carbocycles. The van der Waals surface area contributed by atoms with E-state index in [2.05, 4.69) is 5.10 Å². The molecule has 8 heteroatoms. The highest BCUT2D eigenvalue weighted by Gasteiger charge is 2.34. The smallest absolute Gasteiger partial charge is 0.416 e. The van der Waals surface area contributed by atoms with Gasteiger partial charge in [0.1, 0.15) is 0 Å². The topological polar surface area (TPSA) is 44.1 Å². The lowest BCUT2D eigenvalue weighted by atomic mass is 10.1. The molecule has 3 aromatic rings. The van der Waals surface area contributed by atoms with E-state index in [1.807, 2.05) is 0 Å². The molecule has 0 N–H and O–H groups in total. The zero-order valence-corrected chi connectivity index (χ0v) is 14.4. The molecule has 1 heterocycles. The van der Waals surface area contributed by atoms with Gasteiger partial charge in [0.05, 0.1) is 24.2 Å². The first-order chi connectivity index (χ1) is 12.3. The number of hydrogen-bond acceptors (Lipinski definition) is 3. The molecule has 0 spiro atoms. The number of esters is 1. The Hall–Kier alpha value is -2.54. The van der Waals surface area contributed by atoms with Crippen molar-refractivity contribution in [2.75, 3.05) is 6.61 Å². The Morgan fingerprint density at radius 3 is 2.65 bits per heavy atom. The van der Waals surface area contributed by atoms with Gasteiger partial charge in [-0.1, -0.05) is 35.9 Å². The monoisotopic (exact) mass is 382 g/mol. The van der Waals surface area contributed by atoms with Gasteiger partial charge < -0.3 is 4.74 Å². The number of ether oxygens (including phenoxy) is 1. The third-order valence-corrected chi connectivity index (χ3v) is 4.06. The molecule has 0 unspecified atom stereocenters. The van der Waals surface area contributed by atoms with Crippen molar-refractivity contribution in [1.82, 2.24) is 9.78 Å². The van der Waals surface area contributed by atoms with Gasteiger partial charge >= 0.3 is 12.1 Å². The molecule has 0 fully saturated rings. The number of nitrogens with zero attached hydrogens (tertiary/aromatic N) is 2. The van der Waals surface area contributed by atoms with Crippen molar-refractivity contribution in [3.63, 3.8) is 0 Å². The minimum Gasteiger partial charge on any atom is -0.461 e. The second-order valence-electron chi connectivity index (χ2n) is 5.54. The molecule has 0 amide bonds. The van der Waals surface area contributed by atoms with Crippen LogP contribution in [0.1, 0.15) is 28.5 Å². The van der Waals surface area contributed by atoms with Gasteiger partial charge in [0.15, 0.2) is 5.69 Å². The summed E-state index contributed by atoms with van der Waals surface area (Å²) in [7, 11) is 0. The van der Waals surface area contributed by atoms with E-state index in [9.17, 15) is 18.0 Å². The molecule has 1 aromatic heterocycles. The Kier molecular flexibility index (Phi) is 4.91. The molecule has 0 aliphatic heterocycles. The molecule has 0 radical (unpaired) electrons. The van der Waals surface area contributed by atoms with Crippen molar-refractivity contribution < 1.29 is 22.7 Å². The molecule has 3 rings (SSSR count). The number of rotatable bonds is 4. The maximum Gasteiger partial charge on any atom is 0.416 e. The molecule has 2 aromatic carbocycles. The summed E-state index contributed by atoms with van der Waals surface area (Å²) in [6.45, 7) is 1.68. The minimum atomic E-state index is -4.55. The van der Waals surface area contributed by atoms with Crippen LogP contribution in [-0.2, 0) is 17.5 Å². The Labute approximate surface area is 152 Å². The predicted octanol–water partition coefficient (Wildman–Crippen LogP) is 4.93. The van der Waals surface area contributed by atoms with E-state index in [1.54, 1.807) is 31.2 Å². The van der Waals surface area contributed by atoms with Crippen LogP contribution in [0, 0.1) is 0 Å². The van der Waals surface area contributed by atoms with E-state index in [1.165, 1.54) is 16.8 Å². The minimum absolute atomic E-state index is 0.00129. The average Bonchev–Trinajstić information content (AvgIpc) is 2.95. The molecule has 0 saturated heterocycles. The number of fused-ring (bicyclic) bond motifs is 1. The Morgan fingerprint density at radius 2 is 1.96 bits per heavy atom. The van der Waals surface area contributed by atoms with Crippen molar-refractivity contribution in [2.24, 2.45) is 0 Å².